The van der Waals surface area contributed by atoms with E-state index >= 15 is 0 Å². The third kappa shape index (κ3) is 6.70. The first-order valence-corrected chi connectivity index (χ1v) is 13.0. The van der Waals surface area contributed by atoms with Gasteiger partial charge >= 0.3 is 65.1 Å². The summed E-state index contributed by atoms with van der Waals surface area (Å²) in [6.45, 7) is 0.154. The molecule has 14 heteroatoms. The van der Waals surface area contributed by atoms with E-state index in [2.05, 4.69) is 0 Å². The molecule has 172 valence electrons. The number of ether oxygens (including phenoxy) is 1. The number of hydrogen-bond donors (Lipinski definition) is 1. The van der Waals surface area contributed by atoms with Crippen LogP contribution in [-0.2, 0) is 34.6 Å². The van der Waals surface area contributed by atoms with Gasteiger partial charge in [0, 0.05) is 0 Å². The van der Waals surface area contributed by atoms with Crippen LogP contribution in [0.4, 0.5) is 0 Å². The maximum atomic E-state index is 11.7. The van der Waals surface area contributed by atoms with Crippen molar-refractivity contribution in [2.75, 3.05) is 0 Å². The Labute approximate surface area is 232 Å². The number of carboxylic acid groups (broad SMARTS) is 1. The molecule has 0 heterocycles. The van der Waals surface area contributed by atoms with Crippen molar-refractivity contribution in [1.82, 2.24) is 0 Å². The Morgan fingerprint density at radius 2 is 1.28 bits per heavy atom. The van der Waals surface area contributed by atoms with Gasteiger partial charge in [-0.3, -0.25) is 9.59 Å². The van der Waals surface area contributed by atoms with Crippen LogP contribution < -0.4 is 59.1 Å². The molecule has 0 aromatic rings. The molecular weight excluding hydrogens is 486 g/mol. The van der Waals surface area contributed by atoms with Crippen LogP contribution >= 0.6 is 0 Å². The molecule has 3 fully saturated rings. The fourth-order valence-electron chi connectivity index (χ4n) is 5.93. The molecule has 2 spiro atoms. The summed E-state index contributed by atoms with van der Waals surface area (Å²) in [6.07, 6.45) is 2.73. The van der Waals surface area contributed by atoms with E-state index in [-0.39, 0.29) is 91.3 Å². The summed E-state index contributed by atoms with van der Waals surface area (Å²) in [5, 5.41) is 6.52. The first kappa shape index (κ1) is 30.8. The van der Waals surface area contributed by atoms with E-state index in [9.17, 15) is 40.6 Å². The molecule has 10 nitrogen and oxygen atoms in total. The first-order valence-electron chi connectivity index (χ1n) is 10.0. The minimum Gasteiger partial charge on any atom is -0.748 e. The van der Waals surface area contributed by atoms with Crippen molar-refractivity contribution < 1.29 is 104 Å². The second kappa shape index (κ2) is 11.2. The zero-order valence-corrected chi connectivity index (χ0v) is 24.0. The fraction of sp³-hybridized carbons (Fsp3) is 0.889. The van der Waals surface area contributed by atoms with E-state index in [1.165, 1.54) is 0 Å². The van der Waals surface area contributed by atoms with Crippen LogP contribution in [0.1, 0.15) is 64.2 Å². The standard InChI is InChI=1S/C18H28O10S2.2Na/c19-11-28-13-2-4-18(10-15(13)30(25,26)27)7-5-17(6-8-18)3-1-12(16(20)21)14(9-17)29(22,23)24;;/h11-15H,1-10H2,(H,20,21)(H,22,23,24)(H,25,26,27);;/q;2*+1/p-2. The van der Waals surface area contributed by atoms with Gasteiger partial charge in [0.15, 0.2) is 0 Å². The average Bonchev–Trinajstić information content (AvgIpc) is 2.64. The summed E-state index contributed by atoms with van der Waals surface area (Å²) in [5.41, 5.74) is -0.896. The molecule has 0 radical (unpaired) electrons. The Balaban J connectivity index is 0.00000256. The van der Waals surface area contributed by atoms with Crippen LogP contribution in [0.5, 0.6) is 0 Å². The molecule has 0 aromatic heterocycles. The molecule has 3 aliphatic rings. The van der Waals surface area contributed by atoms with Gasteiger partial charge in [0.1, 0.15) is 16.2 Å². The number of rotatable bonds is 5. The molecule has 4 unspecified atom stereocenters. The summed E-state index contributed by atoms with van der Waals surface area (Å²) < 4.78 is 75.2. The van der Waals surface area contributed by atoms with Crippen molar-refractivity contribution in [3.05, 3.63) is 0 Å². The van der Waals surface area contributed by atoms with Crippen LogP contribution in [-0.4, -0.2) is 60.1 Å². The summed E-state index contributed by atoms with van der Waals surface area (Å²) in [6, 6.07) is 0. The molecule has 3 saturated carbocycles. The molecule has 0 saturated heterocycles. The quantitative estimate of drug-likeness (QED) is 0.213. The first-order chi connectivity index (χ1) is 13.8. The van der Waals surface area contributed by atoms with Gasteiger partial charge in [-0.15, -0.1) is 0 Å². The van der Waals surface area contributed by atoms with Gasteiger partial charge in [-0.1, -0.05) is 0 Å². The molecule has 0 aromatic carbocycles. The van der Waals surface area contributed by atoms with E-state index in [0.717, 1.165) is 0 Å². The molecule has 0 bridgehead atoms. The predicted molar refractivity (Wildman–Crippen MR) is 100 cm³/mol. The number of carbonyl (C=O) groups excluding carboxylic acids is 1. The van der Waals surface area contributed by atoms with Gasteiger partial charge in [0.25, 0.3) is 6.47 Å². The summed E-state index contributed by atoms with van der Waals surface area (Å²) in [4.78, 5) is 22.1. The third-order valence-electron chi connectivity index (χ3n) is 7.74. The maximum Gasteiger partial charge on any atom is 1.00 e. The van der Waals surface area contributed by atoms with Crippen LogP contribution in [0.2, 0.25) is 0 Å². The SMILES string of the molecule is O=COC1CCC2(CCC3(CCC(C(=O)O)C(S(=O)(=O)[O-])C3)CC2)CC1S(=O)(=O)[O-].[Na+].[Na+]. The normalized spacial score (nSPS) is 37.7. The topological polar surface area (TPSA) is 178 Å². The number of aliphatic carboxylic acids is 1. The van der Waals surface area contributed by atoms with E-state index in [4.69, 9.17) is 4.74 Å². The van der Waals surface area contributed by atoms with Gasteiger partial charge in [-0.2, -0.15) is 0 Å². The zero-order chi connectivity index (χ0) is 22.4. The Bertz CT molecular complexity index is 897. The average molecular weight is 513 g/mol. The van der Waals surface area contributed by atoms with Gasteiger partial charge in [0.05, 0.1) is 26.5 Å². The van der Waals surface area contributed by atoms with Crippen LogP contribution in [0.3, 0.4) is 0 Å². The van der Waals surface area contributed by atoms with Gasteiger partial charge < -0.3 is 18.9 Å². The van der Waals surface area contributed by atoms with Crippen molar-refractivity contribution in [2.45, 2.75) is 80.8 Å². The van der Waals surface area contributed by atoms with Crippen molar-refractivity contribution in [3.8, 4) is 0 Å². The summed E-state index contributed by atoms with van der Waals surface area (Å²) >= 11 is 0. The van der Waals surface area contributed by atoms with Crippen molar-refractivity contribution in [1.29, 1.82) is 0 Å². The predicted octanol–water partition coefficient (Wildman–Crippen LogP) is -5.02. The minimum absolute atomic E-state index is 0. The smallest absolute Gasteiger partial charge is 0.748 e. The molecule has 3 rings (SSSR count). The van der Waals surface area contributed by atoms with E-state index in [1.807, 2.05) is 0 Å². The van der Waals surface area contributed by atoms with Gasteiger partial charge in [0.2, 0.25) is 0 Å². The maximum absolute atomic E-state index is 11.7. The Kier molecular flexibility index (Phi) is 10.8. The van der Waals surface area contributed by atoms with Crippen LogP contribution in [0.25, 0.3) is 0 Å². The van der Waals surface area contributed by atoms with E-state index in [1.54, 1.807) is 0 Å². The number of carbonyl (C=O) groups is 2. The molecule has 32 heavy (non-hydrogen) atoms. The molecule has 1 N–H and O–H groups in total. The summed E-state index contributed by atoms with van der Waals surface area (Å²) in [5.74, 6) is -2.49. The van der Waals surface area contributed by atoms with Crippen LogP contribution in [0, 0.1) is 16.7 Å². The minimum atomic E-state index is -4.77. The second-order valence-corrected chi connectivity index (χ2v) is 12.4. The molecule has 3 aliphatic carbocycles. The Morgan fingerprint density at radius 3 is 1.69 bits per heavy atom. The van der Waals surface area contributed by atoms with Gasteiger partial charge in [-0.05, 0) is 75.0 Å². The second-order valence-electron chi connectivity index (χ2n) is 9.26. The van der Waals surface area contributed by atoms with E-state index in [0.29, 0.717) is 38.5 Å². The zero-order valence-electron chi connectivity index (χ0n) is 18.4. The monoisotopic (exact) mass is 512 g/mol. The Hall–Kier alpha value is 0.760. The van der Waals surface area contributed by atoms with Crippen LogP contribution in [0.15, 0.2) is 0 Å². The fourth-order valence-corrected chi connectivity index (χ4v) is 8.28. The molecule has 0 amide bonds. The largest absolute Gasteiger partial charge is 1.00 e. The van der Waals surface area contributed by atoms with Crippen molar-refractivity contribution in [3.63, 3.8) is 0 Å². The molecule has 0 aliphatic heterocycles. The third-order valence-corrected chi connectivity index (χ3v) is 10.2. The van der Waals surface area contributed by atoms with Crippen molar-refractivity contribution in [2.24, 2.45) is 16.7 Å². The molecular formula is C18H26Na2O10S2. The van der Waals surface area contributed by atoms with Gasteiger partial charge in [-0.25, -0.2) is 16.8 Å². The number of hydrogen-bond acceptors (Lipinski definition) is 9. The summed E-state index contributed by atoms with van der Waals surface area (Å²) in [7, 11) is -9.44. The van der Waals surface area contributed by atoms with Crippen molar-refractivity contribution >= 4 is 32.7 Å². The number of carboxylic acids is 1. The molecule has 4 atom stereocenters. The van der Waals surface area contributed by atoms with E-state index < -0.39 is 59.6 Å². The Morgan fingerprint density at radius 1 is 0.844 bits per heavy atom.